The Bertz CT molecular complexity index is 571. The lowest BCUT2D eigenvalue weighted by molar-refractivity contribution is -0.153. The van der Waals surface area contributed by atoms with Gasteiger partial charge in [-0.1, -0.05) is 23.7 Å². The maximum absolute atomic E-state index is 12.2. The van der Waals surface area contributed by atoms with Crippen LogP contribution < -0.4 is 10.1 Å². The molecule has 0 spiro atoms. The molecule has 0 unspecified atom stereocenters. The molecule has 0 aliphatic carbocycles. The van der Waals surface area contributed by atoms with Crippen molar-refractivity contribution in [2.75, 3.05) is 11.9 Å². The maximum Gasteiger partial charge on any atom is 0.422 e. The van der Waals surface area contributed by atoms with Gasteiger partial charge in [0, 0.05) is 11.4 Å². The topological polar surface area (TPSA) is 21.3 Å². The summed E-state index contributed by atoms with van der Waals surface area (Å²) in [5, 5.41) is 3.04. The number of alkyl halides is 3. The molecule has 0 aliphatic heterocycles. The number of hydrogen-bond donors (Lipinski definition) is 1. The van der Waals surface area contributed by atoms with E-state index >= 15 is 0 Å². The zero-order chi connectivity index (χ0) is 14.6. The van der Waals surface area contributed by atoms with E-state index in [0.717, 1.165) is 4.88 Å². The molecule has 20 heavy (non-hydrogen) atoms. The fraction of sp³-hybridized carbons (Fsp3) is 0.231. The average Bonchev–Trinajstić information content (AvgIpc) is 2.80. The van der Waals surface area contributed by atoms with E-state index in [9.17, 15) is 13.2 Å². The number of rotatable bonds is 5. The second kappa shape index (κ2) is 6.37. The van der Waals surface area contributed by atoms with Gasteiger partial charge in [0.15, 0.2) is 6.61 Å². The lowest BCUT2D eigenvalue weighted by Crippen LogP contribution is -2.19. The molecule has 1 aromatic carbocycles. The van der Waals surface area contributed by atoms with Crippen LogP contribution in [-0.4, -0.2) is 12.8 Å². The second-order valence-corrected chi connectivity index (χ2v) is 5.76. The van der Waals surface area contributed by atoms with Crippen LogP contribution in [-0.2, 0) is 6.54 Å². The fourth-order valence-electron chi connectivity index (χ4n) is 1.53. The number of anilines is 1. The molecule has 0 bridgehead atoms. The van der Waals surface area contributed by atoms with E-state index < -0.39 is 12.8 Å². The van der Waals surface area contributed by atoms with E-state index in [4.69, 9.17) is 16.3 Å². The predicted octanol–water partition coefficient (Wildman–Crippen LogP) is 4.95. The van der Waals surface area contributed by atoms with Crippen LogP contribution in [0.1, 0.15) is 4.88 Å². The van der Waals surface area contributed by atoms with Crippen molar-refractivity contribution in [3.8, 4) is 5.75 Å². The number of ether oxygens (including phenoxy) is 1. The summed E-state index contributed by atoms with van der Waals surface area (Å²) in [5.41, 5.74) is 0.515. The van der Waals surface area contributed by atoms with Crippen molar-refractivity contribution in [1.29, 1.82) is 0 Å². The number of hydrogen-bond acceptors (Lipinski definition) is 3. The number of thiophene rings is 1. The number of nitrogens with one attached hydrogen (secondary N) is 1. The van der Waals surface area contributed by atoms with Crippen molar-refractivity contribution in [2.45, 2.75) is 12.7 Å². The fourth-order valence-corrected chi connectivity index (χ4v) is 2.55. The molecule has 0 saturated carbocycles. The quantitative estimate of drug-likeness (QED) is 0.841. The van der Waals surface area contributed by atoms with Crippen molar-refractivity contribution >= 4 is 28.6 Å². The van der Waals surface area contributed by atoms with Gasteiger partial charge in [0.05, 0.1) is 10.0 Å². The van der Waals surface area contributed by atoms with Gasteiger partial charge < -0.3 is 10.1 Å². The molecule has 0 aliphatic rings. The van der Waals surface area contributed by atoms with Gasteiger partial charge in [-0.25, -0.2) is 0 Å². The molecule has 108 valence electrons. The number of halogens is 4. The Morgan fingerprint density at radius 2 is 1.90 bits per heavy atom. The molecular weight excluding hydrogens is 311 g/mol. The van der Waals surface area contributed by atoms with Crippen LogP contribution in [0.25, 0.3) is 0 Å². The van der Waals surface area contributed by atoms with Crippen LogP contribution in [0.2, 0.25) is 4.34 Å². The van der Waals surface area contributed by atoms with Crippen molar-refractivity contribution in [1.82, 2.24) is 0 Å². The van der Waals surface area contributed by atoms with Gasteiger partial charge >= 0.3 is 6.18 Å². The largest absolute Gasteiger partial charge is 0.482 e. The molecule has 0 radical (unpaired) electrons. The summed E-state index contributed by atoms with van der Waals surface area (Å²) in [5.74, 6) is 0.174. The summed E-state index contributed by atoms with van der Waals surface area (Å²) in [6, 6.07) is 10.1. The van der Waals surface area contributed by atoms with Gasteiger partial charge in [-0.3, -0.25) is 0 Å². The Hall–Kier alpha value is -1.40. The van der Waals surface area contributed by atoms with Gasteiger partial charge in [0.2, 0.25) is 0 Å². The van der Waals surface area contributed by atoms with Crippen LogP contribution in [0.15, 0.2) is 36.4 Å². The molecule has 1 heterocycles. The SMILES string of the molecule is FC(F)(F)COc1ccccc1NCc1ccc(Cl)s1. The summed E-state index contributed by atoms with van der Waals surface area (Å²) in [6.45, 7) is -0.833. The average molecular weight is 322 g/mol. The molecule has 0 atom stereocenters. The molecule has 0 fully saturated rings. The van der Waals surface area contributed by atoms with Crippen molar-refractivity contribution in [3.63, 3.8) is 0 Å². The third kappa shape index (κ3) is 4.61. The first-order valence-electron chi connectivity index (χ1n) is 5.71. The highest BCUT2D eigenvalue weighted by atomic mass is 35.5. The Labute approximate surface area is 123 Å². The Morgan fingerprint density at radius 3 is 2.55 bits per heavy atom. The lowest BCUT2D eigenvalue weighted by Gasteiger charge is -2.14. The van der Waals surface area contributed by atoms with E-state index in [1.165, 1.54) is 17.4 Å². The molecule has 0 saturated heterocycles. The minimum absolute atomic E-state index is 0.174. The minimum Gasteiger partial charge on any atom is -0.482 e. The molecular formula is C13H11ClF3NOS. The molecule has 2 aromatic rings. The third-order valence-electron chi connectivity index (χ3n) is 2.36. The van der Waals surface area contributed by atoms with E-state index in [-0.39, 0.29) is 5.75 Å². The molecule has 0 amide bonds. The molecule has 2 rings (SSSR count). The van der Waals surface area contributed by atoms with Crippen LogP contribution in [0, 0.1) is 0 Å². The van der Waals surface area contributed by atoms with Gasteiger partial charge in [-0.05, 0) is 24.3 Å². The normalized spacial score (nSPS) is 11.4. The van der Waals surface area contributed by atoms with Gasteiger partial charge in [-0.2, -0.15) is 13.2 Å². The summed E-state index contributed by atoms with van der Waals surface area (Å²) < 4.78 is 42.0. The van der Waals surface area contributed by atoms with E-state index in [1.54, 1.807) is 24.3 Å². The number of para-hydroxylation sites is 2. The molecule has 1 aromatic heterocycles. The zero-order valence-electron chi connectivity index (χ0n) is 10.2. The van der Waals surface area contributed by atoms with Crippen LogP contribution in [0.5, 0.6) is 5.75 Å². The molecule has 1 N–H and O–H groups in total. The van der Waals surface area contributed by atoms with E-state index in [0.29, 0.717) is 16.6 Å². The monoisotopic (exact) mass is 321 g/mol. The smallest absolute Gasteiger partial charge is 0.422 e. The van der Waals surface area contributed by atoms with E-state index in [2.05, 4.69) is 5.32 Å². The molecule has 7 heteroatoms. The first kappa shape index (κ1) is 15.0. The first-order valence-corrected chi connectivity index (χ1v) is 6.90. The summed E-state index contributed by atoms with van der Waals surface area (Å²) >= 11 is 7.23. The lowest BCUT2D eigenvalue weighted by atomic mass is 10.3. The Kier molecular flexibility index (Phi) is 4.77. The van der Waals surface area contributed by atoms with Crippen molar-refractivity contribution in [2.24, 2.45) is 0 Å². The van der Waals surface area contributed by atoms with Gasteiger partial charge in [0.1, 0.15) is 5.75 Å². The highest BCUT2D eigenvalue weighted by Gasteiger charge is 2.28. The second-order valence-electron chi connectivity index (χ2n) is 3.96. The zero-order valence-corrected chi connectivity index (χ0v) is 11.8. The third-order valence-corrected chi connectivity index (χ3v) is 3.59. The standard InChI is InChI=1S/C13H11ClF3NOS/c14-12-6-5-9(20-12)7-18-10-3-1-2-4-11(10)19-8-13(15,16)17/h1-6,18H,7-8H2. The Morgan fingerprint density at radius 1 is 1.15 bits per heavy atom. The van der Waals surface area contributed by atoms with Gasteiger partial charge in [0.25, 0.3) is 0 Å². The van der Waals surface area contributed by atoms with Crippen molar-refractivity contribution in [3.05, 3.63) is 45.6 Å². The molecule has 2 nitrogen and oxygen atoms in total. The maximum atomic E-state index is 12.2. The van der Waals surface area contributed by atoms with Crippen molar-refractivity contribution < 1.29 is 17.9 Å². The van der Waals surface area contributed by atoms with Crippen LogP contribution in [0.3, 0.4) is 0 Å². The van der Waals surface area contributed by atoms with E-state index in [1.807, 2.05) is 6.07 Å². The van der Waals surface area contributed by atoms with Gasteiger partial charge in [-0.15, -0.1) is 11.3 Å². The summed E-state index contributed by atoms with van der Waals surface area (Å²) in [7, 11) is 0. The predicted molar refractivity (Wildman–Crippen MR) is 74.6 cm³/mol. The summed E-state index contributed by atoms with van der Waals surface area (Å²) in [6.07, 6.45) is -4.35. The highest BCUT2D eigenvalue weighted by Crippen LogP contribution is 2.28. The highest BCUT2D eigenvalue weighted by molar-refractivity contribution is 7.16. The summed E-state index contributed by atoms with van der Waals surface area (Å²) in [4.78, 5) is 0.987. The minimum atomic E-state index is -4.35. The van der Waals surface area contributed by atoms with Crippen LogP contribution in [0.4, 0.5) is 18.9 Å². The Balaban J connectivity index is 2.00. The number of benzene rings is 1. The van der Waals surface area contributed by atoms with Crippen LogP contribution >= 0.6 is 22.9 Å². The first-order chi connectivity index (χ1) is 9.44.